The van der Waals surface area contributed by atoms with Crippen molar-refractivity contribution < 1.29 is 9.90 Å². The van der Waals surface area contributed by atoms with Gasteiger partial charge in [-0.05, 0) is 16.8 Å². The second-order valence-electron chi connectivity index (χ2n) is 3.14. The maximum absolute atomic E-state index is 10.4. The number of benzene rings is 2. The lowest BCUT2D eigenvalue weighted by Gasteiger charge is -2.06. The molecule has 2 aromatic rings. The summed E-state index contributed by atoms with van der Waals surface area (Å²) in [5, 5.41) is 12.6. The third-order valence-electron chi connectivity index (χ3n) is 2.10. The molecule has 0 aliphatic rings. The van der Waals surface area contributed by atoms with Gasteiger partial charge in [0.2, 0.25) is 0 Å². The predicted octanol–water partition coefficient (Wildman–Crippen LogP) is 1.68. The van der Waals surface area contributed by atoms with E-state index in [0.717, 1.165) is 15.7 Å². The zero-order valence-corrected chi connectivity index (χ0v) is 8.79. The standard InChI is InChI=1S/C12H10O2S/c13-12(14)8-15-11-7-3-5-9-4-1-2-6-10(9)11/h1-7H,8H2,(H,13,14)/p-1. The van der Waals surface area contributed by atoms with Gasteiger partial charge < -0.3 is 9.90 Å². The number of hydrogen-bond acceptors (Lipinski definition) is 3. The average Bonchev–Trinajstić information content (AvgIpc) is 2.26. The third-order valence-corrected chi connectivity index (χ3v) is 3.14. The van der Waals surface area contributed by atoms with Crippen LogP contribution < -0.4 is 5.11 Å². The van der Waals surface area contributed by atoms with Crippen molar-refractivity contribution in [1.29, 1.82) is 0 Å². The van der Waals surface area contributed by atoms with Crippen LogP contribution in [0.1, 0.15) is 0 Å². The predicted molar refractivity (Wildman–Crippen MR) is 59.7 cm³/mol. The van der Waals surface area contributed by atoms with Crippen molar-refractivity contribution in [1.82, 2.24) is 0 Å². The zero-order chi connectivity index (χ0) is 10.7. The Morgan fingerprint density at radius 1 is 1.13 bits per heavy atom. The summed E-state index contributed by atoms with van der Waals surface area (Å²) in [5.41, 5.74) is 0. The molecule has 0 saturated carbocycles. The molecule has 0 aliphatic carbocycles. The molecule has 15 heavy (non-hydrogen) atoms. The highest BCUT2D eigenvalue weighted by atomic mass is 32.2. The van der Waals surface area contributed by atoms with Gasteiger partial charge in [0.05, 0.1) is 5.97 Å². The van der Waals surface area contributed by atoms with Crippen molar-refractivity contribution in [2.75, 3.05) is 5.75 Å². The first-order chi connectivity index (χ1) is 7.27. The molecule has 0 radical (unpaired) electrons. The molecule has 76 valence electrons. The molecule has 2 nitrogen and oxygen atoms in total. The van der Waals surface area contributed by atoms with E-state index in [1.165, 1.54) is 11.8 Å². The van der Waals surface area contributed by atoms with E-state index in [9.17, 15) is 9.90 Å². The van der Waals surface area contributed by atoms with Gasteiger partial charge in [-0.25, -0.2) is 0 Å². The molecule has 0 spiro atoms. The van der Waals surface area contributed by atoms with E-state index in [1.807, 2.05) is 42.5 Å². The number of carboxylic acids is 1. The van der Waals surface area contributed by atoms with Crippen molar-refractivity contribution in [3.05, 3.63) is 42.5 Å². The maximum atomic E-state index is 10.4. The van der Waals surface area contributed by atoms with E-state index in [0.29, 0.717) is 0 Å². The molecule has 0 aliphatic heterocycles. The van der Waals surface area contributed by atoms with E-state index in [4.69, 9.17) is 0 Å². The Kier molecular flexibility index (Phi) is 2.92. The van der Waals surface area contributed by atoms with Gasteiger partial charge in [-0.2, -0.15) is 0 Å². The number of carbonyl (C=O) groups excluding carboxylic acids is 1. The summed E-state index contributed by atoms with van der Waals surface area (Å²) in [7, 11) is 0. The molecule has 0 amide bonds. The summed E-state index contributed by atoms with van der Waals surface area (Å²) in [6.07, 6.45) is 0. The highest BCUT2D eigenvalue weighted by Crippen LogP contribution is 2.27. The van der Waals surface area contributed by atoms with E-state index in [2.05, 4.69) is 0 Å². The number of carboxylic acid groups (broad SMARTS) is 1. The van der Waals surface area contributed by atoms with E-state index in [1.54, 1.807) is 0 Å². The largest absolute Gasteiger partial charge is 0.549 e. The quantitative estimate of drug-likeness (QED) is 0.734. The summed E-state index contributed by atoms with van der Waals surface area (Å²) in [5.74, 6) is -1.04. The van der Waals surface area contributed by atoms with Gasteiger partial charge in [0.15, 0.2) is 0 Å². The highest BCUT2D eigenvalue weighted by molar-refractivity contribution is 8.00. The number of fused-ring (bicyclic) bond motifs is 1. The number of thioether (sulfide) groups is 1. The van der Waals surface area contributed by atoms with Gasteiger partial charge in [0, 0.05) is 10.6 Å². The van der Waals surface area contributed by atoms with Crippen LogP contribution in [0.5, 0.6) is 0 Å². The minimum atomic E-state index is -1.03. The van der Waals surface area contributed by atoms with Gasteiger partial charge in [0.25, 0.3) is 0 Å². The Morgan fingerprint density at radius 2 is 1.87 bits per heavy atom. The van der Waals surface area contributed by atoms with Gasteiger partial charge >= 0.3 is 0 Å². The van der Waals surface area contributed by atoms with Crippen molar-refractivity contribution in [2.24, 2.45) is 0 Å². The molecule has 2 rings (SSSR count). The first kappa shape index (κ1) is 10.1. The van der Waals surface area contributed by atoms with Crippen LogP contribution in [0.4, 0.5) is 0 Å². The number of aliphatic carboxylic acids is 1. The molecule has 0 saturated heterocycles. The lowest BCUT2D eigenvalue weighted by molar-refractivity contribution is -0.301. The minimum Gasteiger partial charge on any atom is -0.549 e. The topological polar surface area (TPSA) is 40.1 Å². The first-order valence-electron chi connectivity index (χ1n) is 4.58. The van der Waals surface area contributed by atoms with E-state index >= 15 is 0 Å². The average molecular weight is 217 g/mol. The van der Waals surface area contributed by atoms with Gasteiger partial charge in [-0.15, -0.1) is 11.8 Å². The van der Waals surface area contributed by atoms with Crippen LogP contribution in [-0.4, -0.2) is 11.7 Å². The van der Waals surface area contributed by atoms with Crippen molar-refractivity contribution in [2.45, 2.75) is 4.90 Å². The normalized spacial score (nSPS) is 10.4. The van der Waals surface area contributed by atoms with Crippen molar-refractivity contribution >= 4 is 28.5 Å². The fourth-order valence-electron chi connectivity index (χ4n) is 1.46. The summed E-state index contributed by atoms with van der Waals surface area (Å²) >= 11 is 1.30. The van der Waals surface area contributed by atoms with Gasteiger partial charge in [0.1, 0.15) is 0 Å². The number of rotatable bonds is 3. The third kappa shape index (κ3) is 2.30. The Morgan fingerprint density at radius 3 is 2.67 bits per heavy atom. The highest BCUT2D eigenvalue weighted by Gasteiger charge is 2.00. The smallest absolute Gasteiger partial charge is 0.0517 e. The van der Waals surface area contributed by atoms with E-state index in [-0.39, 0.29) is 5.75 Å². The van der Waals surface area contributed by atoms with Crippen LogP contribution in [0.3, 0.4) is 0 Å². The lowest BCUT2D eigenvalue weighted by atomic mass is 10.1. The van der Waals surface area contributed by atoms with Crippen molar-refractivity contribution in [3.8, 4) is 0 Å². The summed E-state index contributed by atoms with van der Waals surface area (Å²) < 4.78 is 0. The lowest BCUT2D eigenvalue weighted by Crippen LogP contribution is -2.24. The van der Waals surface area contributed by atoms with Crippen LogP contribution in [0.15, 0.2) is 47.4 Å². The fraction of sp³-hybridized carbons (Fsp3) is 0.0833. The maximum Gasteiger partial charge on any atom is 0.0517 e. The summed E-state index contributed by atoms with van der Waals surface area (Å²) in [6, 6.07) is 13.8. The van der Waals surface area contributed by atoms with Crippen molar-refractivity contribution in [3.63, 3.8) is 0 Å². The Hall–Kier alpha value is -1.48. The monoisotopic (exact) mass is 217 g/mol. The molecule has 0 bridgehead atoms. The van der Waals surface area contributed by atoms with Crippen LogP contribution >= 0.6 is 11.8 Å². The summed E-state index contributed by atoms with van der Waals surface area (Å²) in [6.45, 7) is 0. The molecule has 0 aromatic heterocycles. The molecule has 0 heterocycles. The second-order valence-corrected chi connectivity index (χ2v) is 4.16. The molecule has 3 heteroatoms. The number of carbonyl (C=O) groups is 1. The SMILES string of the molecule is O=C([O-])CSc1cccc2ccccc12. The van der Waals surface area contributed by atoms with Gasteiger partial charge in [-0.3, -0.25) is 0 Å². The number of hydrogen-bond donors (Lipinski definition) is 0. The van der Waals surface area contributed by atoms with Crippen LogP contribution in [-0.2, 0) is 4.79 Å². The molecular formula is C12H9O2S-. The molecule has 0 N–H and O–H groups in total. The van der Waals surface area contributed by atoms with E-state index < -0.39 is 5.97 Å². The molecular weight excluding hydrogens is 208 g/mol. The molecule has 0 unspecified atom stereocenters. The first-order valence-corrected chi connectivity index (χ1v) is 5.56. The molecule has 2 aromatic carbocycles. The van der Waals surface area contributed by atoms with Crippen LogP contribution in [0.2, 0.25) is 0 Å². The summed E-state index contributed by atoms with van der Waals surface area (Å²) in [4.78, 5) is 11.4. The Balaban J connectivity index is 2.38. The van der Waals surface area contributed by atoms with Crippen LogP contribution in [0.25, 0.3) is 10.8 Å². The fourth-order valence-corrected chi connectivity index (χ4v) is 2.25. The second kappa shape index (κ2) is 4.36. The minimum absolute atomic E-state index is 0.00594. The molecule has 0 fully saturated rings. The molecule has 0 atom stereocenters. The Labute approximate surface area is 91.9 Å². The Bertz CT molecular complexity index is 488. The zero-order valence-electron chi connectivity index (χ0n) is 7.97. The van der Waals surface area contributed by atoms with Crippen LogP contribution in [0, 0.1) is 0 Å². The van der Waals surface area contributed by atoms with Gasteiger partial charge in [-0.1, -0.05) is 36.4 Å².